The van der Waals surface area contributed by atoms with Crippen LogP contribution in [0.1, 0.15) is 30.4 Å². The van der Waals surface area contributed by atoms with Crippen molar-refractivity contribution in [2.24, 2.45) is 0 Å². The summed E-state index contributed by atoms with van der Waals surface area (Å²) in [7, 11) is 0. The van der Waals surface area contributed by atoms with Crippen LogP contribution in [0.3, 0.4) is 0 Å². The summed E-state index contributed by atoms with van der Waals surface area (Å²) < 4.78 is 39.5. The lowest BCUT2D eigenvalue weighted by molar-refractivity contribution is -0.139. The summed E-state index contributed by atoms with van der Waals surface area (Å²) in [5, 5.41) is 5.50. The third-order valence-corrected chi connectivity index (χ3v) is 4.46. The average Bonchev–Trinajstić information content (AvgIpc) is 3.34. The first-order chi connectivity index (χ1) is 11.8. The first-order valence-corrected chi connectivity index (χ1v) is 8.31. The molecule has 0 radical (unpaired) electrons. The van der Waals surface area contributed by atoms with Gasteiger partial charge in [0.15, 0.2) is 0 Å². The number of alkyl halides is 3. The predicted octanol–water partition coefficient (Wildman–Crippen LogP) is 1.67. The molecule has 1 aliphatic heterocycles. The van der Waals surface area contributed by atoms with Crippen LogP contribution in [-0.2, 0) is 22.3 Å². The number of amides is 2. The smallest absolute Gasteiger partial charge is 0.353 e. The van der Waals surface area contributed by atoms with Crippen molar-refractivity contribution >= 4 is 11.8 Å². The second kappa shape index (κ2) is 7.03. The Bertz CT molecular complexity index is 659. The van der Waals surface area contributed by atoms with Crippen LogP contribution in [0.2, 0.25) is 0 Å². The fraction of sp³-hybridized carbons (Fsp3) is 0.529. The van der Waals surface area contributed by atoms with Crippen molar-refractivity contribution in [3.8, 4) is 0 Å². The van der Waals surface area contributed by atoms with Crippen LogP contribution in [0.25, 0.3) is 0 Å². The van der Waals surface area contributed by atoms with E-state index in [1.54, 1.807) is 11.0 Å². The van der Waals surface area contributed by atoms with E-state index in [9.17, 15) is 22.8 Å². The highest BCUT2D eigenvalue weighted by Crippen LogP contribution is 2.32. The van der Waals surface area contributed by atoms with Gasteiger partial charge in [0.2, 0.25) is 11.8 Å². The molecule has 0 bridgehead atoms. The topological polar surface area (TPSA) is 61.4 Å². The molecule has 2 amide bonds. The molecule has 3 rings (SSSR count). The normalized spacial score (nSPS) is 21.7. The van der Waals surface area contributed by atoms with Crippen LogP contribution in [0.15, 0.2) is 24.3 Å². The van der Waals surface area contributed by atoms with Gasteiger partial charge in [-0.2, -0.15) is 13.2 Å². The van der Waals surface area contributed by atoms with E-state index in [1.165, 1.54) is 12.1 Å². The van der Waals surface area contributed by atoms with Crippen molar-refractivity contribution in [1.82, 2.24) is 15.5 Å². The van der Waals surface area contributed by atoms with E-state index in [-0.39, 0.29) is 36.4 Å². The number of benzene rings is 1. The van der Waals surface area contributed by atoms with E-state index in [0.29, 0.717) is 13.1 Å². The van der Waals surface area contributed by atoms with Gasteiger partial charge >= 0.3 is 6.18 Å². The SMILES string of the molecule is O=C(C[C@@H]1C(=O)NCCN1Cc1ccccc1C(F)(F)F)NC1CC1. The maximum Gasteiger partial charge on any atom is 0.416 e. The van der Waals surface area contributed by atoms with Crippen LogP contribution in [0, 0.1) is 0 Å². The predicted molar refractivity (Wildman–Crippen MR) is 84.4 cm³/mol. The Hall–Kier alpha value is -2.09. The number of hydrogen-bond donors (Lipinski definition) is 2. The van der Waals surface area contributed by atoms with E-state index in [0.717, 1.165) is 18.9 Å². The lowest BCUT2D eigenvalue weighted by atomic mass is 10.0. The maximum atomic E-state index is 13.2. The Kier molecular flexibility index (Phi) is 4.99. The molecule has 2 N–H and O–H groups in total. The van der Waals surface area contributed by atoms with E-state index in [2.05, 4.69) is 10.6 Å². The molecule has 0 spiro atoms. The van der Waals surface area contributed by atoms with Gasteiger partial charge in [0.05, 0.1) is 18.0 Å². The van der Waals surface area contributed by atoms with Gasteiger partial charge < -0.3 is 10.6 Å². The van der Waals surface area contributed by atoms with Crippen molar-refractivity contribution in [2.75, 3.05) is 13.1 Å². The lowest BCUT2D eigenvalue weighted by Crippen LogP contribution is -2.56. The highest BCUT2D eigenvalue weighted by molar-refractivity contribution is 5.89. The van der Waals surface area contributed by atoms with E-state index < -0.39 is 17.8 Å². The second-order valence-corrected chi connectivity index (χ2v) is 6.48. The van der Waals surface area contributed by atoms with Gasteiger partial charge in [-0.1, -0.05) is 18.2 Å². The summed E-state index contributed by atoms with van der Waals surface area (Å²) in [5.74, 6) is -0.555. The first kappa shape index (κ1) is 17.7. The lowest BCUT2D eigenvalue weighted by Gasteiger charge is -2.35. The number of rotatable bonds is 5. The number of halogens is 3. The van der Waals surface area contributed by atoms with Crippen LogP contribution in [-0.4, -0.2) is 41.9 Å². The number of nitrogens with one attached hydrogen (secondary N) is 2. The average molecular weight is 355 g/mol. The van der Waals surface area contributed by atoms with Gasteiger partial charge in [-0.05, 0) is 24.5 Å². The van der Waals surface area contributed by atoms with Crippen LogP contribution >= 0.6 is 0 Å². The van der Waals surface area contributed by atoms with Gasteiger partial charge in [0.1, 0.15) is 0 Å². The third kappa shape index (κ3) is 4.50. The summed E-state index contributed by atoms with van der Waals surface area (Å²) in [6.07, 6.45) is -2.62. The molecule has 1 aromatic carbocycles. The molecule has 1 heterocycles. The maximum absolute atomic E-state index is 13.2. The minimum atomic E-state index is -4.45. The molecule has 1 aromatic rings. The monoisotopic (exact) mass is 355 g/mol. The zero-order valence-electron chi connectivity index (χ0n) is 13.6. The molecule has 1 atom stereocenters. The third-order valence-electron chi connectivity index (χ3n) is 4.46. The van der Waals surface area contributed by atoms with Crippen molar-refractivity contribution in [3.63, 3.8) is 0 Å². The summed E-state index contributed by atoms with van der Waals surface area (Å²) in [6.45, 7) is 0.734. The molecule has 136 valence electrons. The Morgan fingerprint density at radius 3 is 2.68 bits per heavy atom. The second-order valence-electron chi connectivity index (χ2n) is 6.48. The molecule has 2 fully saturated rings. The molecular formula is C17H20F3N3O2. The minimum absolute atomic E-state index is 0.0233. The molecule has 0 aromatic heterocycles. The number of carbonyl (C=O) groups is 2. The van der Waals surface area contributed by atoms with Crippen LogP contribution < -0.4 is 10.6 Å². The number of hydrogen-bond acceptors (Lipinski definition) is 3. The molecule has 0 unspecified atom stereocenters. The Morgan fingerprint density at radius 2 is 2.00 bits per heavy atom. The van der Waals surface area contributed by atoms with Crippen LogP contribution in [0.4, 0.5) is 13.2 Å². The number of piperazine rings is 1. The molecule has 25 heavy (non-hydrogen) atoms. The molecule has 8 heteroatoms. The van der Waals surface area contributed by atoms with Gasteiger partial charge in [0.25, 0.3) is 0 Å². The minimum Gasteiger partial charge on any atom is -0.353 e. The van der Waals surface area contributed by atoms with Gasteiger partial charge in [-0.3, -0.25) is 14.5 Å². The molecule has 1 saturated heterocycles. The van der Waals surface area contributed by atoms with Crippen molar-refractivity contribution in [2.45, 2.75) is 44.1 Å². The van der Waals surface area contributed by atoms with Gasteiger partial charge in [-0.15, -0.1) is 0 Å². The largest absolute Gasteiger partial charge is 0.416 e. The fourth-order valence-electron chi connectivity index (χ4n) is 3.02. The molecule has 1 aliphatic carbocycles. The Balaban J connectivity index is 1.74. The fourth-order valence-corrected chi connectivity index (χ4v) is 3.02. The Morgan fingerprint density at radius 1 is 1.28 bits per heavy atom. The van der Waals surface area contributed by atoms with E-state index in [1.807, 2.05) is 0 Å². The first-order valence-electron chi connectivity index (χ1n) is 8.31. The van der Waals surface area contributed by atoms with Crippen molar-refractivity contribution < 1.29 is 22.8 Å². The van der Waals surface area contributed by atoms with E-state index >= 15 is 0 Å². The van der Waals surface area contributed by atoms with Crippen LogP contribution in [0.5, 0.6) is 0 Å². The highest BCUT2D eigenvalue weighted by atomic mass is 19.4. The Labute approximate surface area is 143 Å². The number of carbonyl (C=O) groups excluding carboxylic acids is 2. The molecular weight excluding hydrogens is 335 g/mol. The van der Waals surface area contributed by atoms with Crippen molar-refractivity contribution in [1.29, 1.82) is 0 Å². The molecule has 2 aliphatic rings. The van der Waals surface area contributed by atoms with Gasteiger partial charge in [0, 0.05) is 25.7 Å². The van der Waals surface area contributed by atoms with Crippen molar-refractivity contribution in [3.05, 3.63) is 35.4 Å². The number of nitrogens with zero attached hydrogens (tertiary/aromatic N) is 1. The standard InChI is InChI=1S/C17H20F3N3O2/c18-17(19,20)13-4-2-1-3-11(13)10-23-8-7-21-16(25)14(23)9-15(24)22-12-5-6-12/h1-4,12,14H,5-10H2,(H,21,25)(H,22,24)/t14-/m1/s1. The molecule has 1 saturated carbocycles. The van der Waals surface area contributed by atoms with Gasteiger partial charge in [-0.25, -0.2) is 0 Å². The highest BCUT2D eigenvalue weighted by Gasteiger charge is 2.36. The quantitative estimate of drug-likeness (QED) is 0.845. The molecule has 5 nitrogen and oxygen atoms in total. The summed E-state index contributed by atoms with van der Waals surface area (Å²) in [5.41, 5.74) is -0.598. The zero-order chi connectivity index (χ0) is 18.0. The van der Waals surface area contributed by atoms with E-state index in [4.69, 9.17) is 0 Å². The zero-order valence-corrected chi connectivity index (χ0v) is 13.6. The summed E-state index contributed by atoms with van der Waals surface area (Å²) in [4.78, 5) is 25.8. The summed E-state index contributed by atoms with van der Waals surface area (Å²) >= 11 is 0. The summed E-state index contributed by atoms with van der Waals surface area (Å²) in [6, 6.07) is 4.76.